The van der Waals surface area contributed by atoms with E-state index in [1.165, 1.54) is 0 Å². The van der Waals surface area contributed by atoms with E-state index in [1.54, 1.807) is 13.2 Å². The van der Waals surface area contributed by atoms with Crippen molar-refractivity contribution in [3.8, 4) is 5.75 Å². The Balaban J connectivity index is 2.10. The van der Waals surface area contributed by atoms with E-state index in [4.69, 9.17) is 21.4 Å². The highest BCUT2D eigenvalue weighted by molar-refractivity contribution is 6.30. The Labute approximate surface area is 117 Å². The highest BCUT2D eigenvalue weighted by Gasteiger charge is 2.34. The molecule has 0 amide bonds. The number of carboxylic acid groups (broad SMARTS) is 1. The maximum absolute atomic E-state index is 11.1. The van der Waals surface area contributed by atoms with Crippen molar-refractivity contribution < 1.29 is 14.6 Å². The summed E-state index contributed by atoms with van der Waals surface area (Å²) in [4.78, 5) is 13.3. The largest absolute Gasteiger partial charge is 0.496 e. The van der Waals surface area contributed by atoms with E-state index >= 15 is 0 Å². The molecule has 1 aliphatic rings. The van der Waals surface area contributed by atoms with Gasteiger partial charge in [0, 0.05) is 30.2 Å². The van der Waals surface area contributed by atoms with Gasteiger partial charge in [0.25, 0.3) is 0 Å². The van der Waals surface area contributed by atoms with Gasteiger partial charge < -0.3 is 9.84 Å². The second-order valence-corrected chi connectivity index (χ2v) is 5.51. The fourth-order valence-electron chi connectivity index (χ4n) is 2.63. The third-order valence-corrected chi connectivity index (χ3v) is 3.88. The normalized spacial score (nSPS) is 23.5. The van der Waals surface area contributed by atoms with Crippen LogP contribution in [-0.4, -0.2) is 36.2 Å². The molecule has 0 aromatic heterocycles. The van der Waals surface area contributed by atoms with Crippen molar-refractivity contribution >= 4 is 17.6 Å². The number of nitrogens with zero attached hydrogens (tertiary/aromatic N) is 1. The summed E-state index contributed by atoms with van der Waals surface area (Å²) in [7, 11) is 1.62. The van der Waals surface area contributed by atoms with Crippen molar-refractivity contribution in [3.63, 3.8) is 0 Å². The molecule has 1 saturated heterocycles. The molecule has 1 aromatic rings. The van der Waals surface area contributed by atoms with Gasteiger partial charge in [-0.3, -0.25) is 9.69 Å². The van der Waals surface area contributed by atoms with Crippen molar-refractivity contribution in [3.05, 3.63) is 28.8 Å². The average molecular weight is 284 g/mol. The number of halogens is 1. The van der Waals surface area contributed by atoms with E-state index in [0.29, 0.717) is 18.1 Å². The minimum atomic E-state index is -0.715. The first-order valence-electron chi connectivity index (χ1n) is 6.29. The first kappa shape index (κ1) is 14.2. The van der Waals surface area contributed by atoms with Crippen LogP contribution in [0.3, 0.4) is 0 Å². The number of rotatable bonds is 4. The Kier molecular flexibility index (Phi) is 4.32. The number of likely N-dealkylation sites (tertiary alicyclic amines) is 1. The van der Waals surface area contributed by atoms with Gasteiger partial charge in [0.15, 0.2) is 0 Å². The summed E-state index contributed by atoms with van der Waals surface area (Å²) in [5.41, 5.74) is 0.994. The molecular formula is C14H18ClNO3. The number of carbonyl (C=O) groups is 1. The second kappa shape index (κ2) is 5.80. The van der Waals surface area contributed by atoms with E-state index in [0.717, 1.165) is 17.9 Å². The smallest absolute Gasteiger partial charge is 0.308 e. The highest BCUT2D eigenvalue weighted by atomic mass is 35.5. The summed E-state index contributed by atoms with van der Waals surface area (Å²) in [6, 6.07) is 5.50. The molecule has 0 spiro atoms. The monoisotopic (exact) mass is 283 g/mol. The van der Waals surface area contributed by atoms with Crippen LogP contribution in [0.25, 0.3) is 0 Å². The first-order chi connectivity index (χ1) is 9.01. The Morgan fingerprint density at radius 1 is 1.53 bits per heavy atom. The minimum Gasteiger partial charge on any atom is -0.496 e. The van der Waals surface area contributed by atoms with Gasteiger partial charge in [-0.1, -0.05) is 18.5 Å². The zero-order valence-corrected chi connectivity index (χ0v) is 11.9. The SMILES string of the molecule is COc1ccc(Cl)cc1CN1C[C@@H](C)[C@H](C(=O)O)C1. The molecule has 1 aromatic carbocycles. The van der Waals surface area contributed by atoms with Crippen molar-refractivity contribution in [2.45, 2.75) is 13.5 Å². The number of benzene rings is 1. The number of methoxy groups -OCH3 is 1. The molecule has 2 atom stereocenters. The summed E-state index contributed by atoms with van der Waals surface area (Å²) in [6.07, 6.45) is 0. The minimum absolute atomic E-state index is 0.169. The standard InChI is InChI=1S/C14H18ClNO3/c1-9-6-16(8-12(9)14(17)18)7-10-5-11(15)3-4-13(10)19-2/h3-5,9,12H,6-8H2,1-2H3,(H,17,18)/t9-,12-/m1/s1. The predicted octanol–water partition coefficient (Wildman–Crippen LogP) is 2.50. The van der Waals surface area contributed by atoms with Gasteiger partial charge in [-0.25, -0.2) is 0 Å². The number of hydrogen-bond donors (Lipinski definition) is 1. The Morgan fingerprint density at radius 3 is 2.84 bits per heavy atom. The fraction of sp³-hybridized carbons (Fsp3) is 0.500. The third-order valence-electron chi connectivity index (χ3n) is 3.64. The summed E-state index contributed by atoms with van der Waals surface area (Å²) in [6.45, 7) is 4.00. The van der Waals surface area contributed by atoms with Crippen LogP contribution in [0, 0.1) is 11.8 Å². The fourth-order valence-corrected chi connectivity index (χ4v) is 2.82. The van der Waals surface area contributed by atoms with E-state index in [9.17, 15) is 4.79 Å². The Morgan fingerprint density at radius 2 is 2.26 bits per heavy atom. The van der Waals surface area contributed by atoms with Gasteiger partial charge in [-0.2, -0.15) is 0 Å². The zero-order valence-electron chi connectivity index (χ0n) is 11.1. The molecule has 4 nitrogen and oxygen atoms in total. The molecule has 0 bridgehead atoms. The Bertz CT molecular complexity index is 478. The predicted molar refractivity (Wildman–Crippen MR) is 73.6 cm³/mol. The lowest BCUT2D eigenvalue weighted by molar-refractivity contribution is -0.142. The number of carboxylic acids is 1. The van der Waals surface area contributed by atoms with Gasteiger partial charge in [-0.15, -0.1) is 0 Å². The van der Waals surface area contributed by atoms with Crippen LogP contribution in [-0.2, 0) is 11.3 Å². The van der Waals surface area contributed by atoms with Crippen LogP contribution in [0.4, 0.5) is 0 Å². The van der Waals surface area contributed by atoms with Crippen LogP contribution in [0.15, 0.2) is 18.2 Å². The molecule has 0 saturated carbocycles. The molecule has 104 valence electrons. The molecule has 1 fully saturated rings. The van der Waals surface area contributed by atoms with Gasteiger partial charge >= 0.3 is 5.97 Å². The molecule has 1 heterocycles. The van der Waals surface area contributed by atoms with E-state index < -0.39 is 5.97 Å². The molecule has 5 heteroatoms. The van der Waals surface area contributed by atoms with E-state index in [-0.39, 0.29) is 11.8 Å². The molecule has 0 unspecified atom stereocenters. The summed E-state index contributed by atoms with van der Waals surface area (Å²) < 4.78 is 5.31. The van der Waals surface area contributed by atoms with Crippen LogP contribution in [0.1, 0.15) is 12.5 Å². The zero-order chi connectivity index (χ0) is 14.0. The van der Waals surface area contributed by atoms with Crippen molar-refractivity contribution in [1.82, 2.24) is 4.90 Å². The van der Waals surface area contributed by atoms with E-state index in [2.05, 4.69) is 4.90 Å². The molecule has 19 heavy (non-hydrogen) atoms. The lowest BCUT2D eigenvalue weighted by Crippen LogP contribution is -2.23. The number of hydrogen-bond acceptors (Lipinski definition) is 3. The number of aliphatic carboxylic acids is 1. The summed E-state index contributed by atoms with van der Waals surface area (Å²) >= 11 is 6.00. The van der Waals surface area contributed by atoms with Crippen LogP contribution >= 0.6 is 11.6 Å². The van der Waals surface area contributed by atoms with Crippen LogP contribution < -0.4 is 4.74 Å². The summed E-state index contributed by atoms with van der Waals surface area (Å²) in [5, 5.41) is 9.80. The lowest BCUT2D eigenvalue weighted by Gasteiger charge is -2.17. The molecular weight excluding hydrogens is 266 g/mol. The van der Waals surface area contributed by atoms with Crippen LogP contribution in [0.5, 0.6) is 5.75 Å². The number of ether oxygens (including phenoxy) is 1. The maximum atomic E-state index is 11.1. The van der Waals surface area contributed by atoms with Crippen molar-refractivity contribution in [2.75, 3.05) is 20.2 Å². The van der Waals surface area contributed by atoms with E-state index in [1.807, 2.05) is 19.1 Å². The van der Waals surface area contributed by atoms with Crippen LogP contribution in [0.2, 0.25) is 5.02 Å². The van der Waals surface area contributed by atoms with Gasteiger partial charge in [0.2, 0.25) is 0 Å². The second-order valence-electron chi connectivity index (χ2n) is 5.07. The molecule has 2 rings (SSSR count). The quantitative estimate of drug-likeness (QED) is 0.922. The van der Waals surface area contributed by atoms with Gasteiger partial charge in [0.05, 0.1) is 13.0 Å². The van der Waals surface area contributed by atoms with Gasteiger partial charge in [-0.05, 0) is 24.1 Å². The maximum Gasteiger partial charge on any atom is 0.308 e. The van der Waals surface area contributed by atoms with Gasteiger partial charge in [0.1, 0.15) is 5.75 Å². The third kappa shape index (κ3) is 3.19. The first-order valence-corrected chi connectivity index (χ1v) is 6.66. The summed E-state index contributed by atoms with van der Waals surface area (Å²) in [5.74, 6) is -0.0447. The molecule has 0 radical (unpaired) electrons. The molecule has 1 aliphatic heterocycles. The molecule has 1 N–H and O–H groups in total. The molecule has 0 aliphatic carbocycles. The highest BCUT2D eigenvalue weighted by Crippen LogP contribution is 2.28. The lowest BCUT2D eigenvalue weighted by atomic mass is 9.99. The Hall–Kier alpha value is -1.26. The van der Waals surface area contributed by atoms with Crippen molar-refractivity contribution in [1.29, 1.82) is 0 Å². The topological polar surface area (TPSA) is 49.8 Å². The van der Waals surface area contributed by atoms with Crippen molar-refractivity contribution in [2.24, 2.45) is 11.8 Å². The average Bonchev–Trinajstić information content (AvgIpc) is 2.71.